The maximum atomic E-state index is 11.7. The van der Waals surface area contributed by atoms with Crippen molar-refractivity contribution in [1.82, 2.24) is 0 Å². The van der Waals surface area contributed by atoms with E-state index < -0.39 is 5.60 Å². The van der Waals surface area contributed by atoms with Crippen LogP contribution in [0.5, 0.6) is 0 Å². The Balaban J connectivity index is 2.11. The molecule has 0 radical (unpaired) electrons. The fourth-order valence-corrected chi connectivity index (χ4v) is 2.94. The zero-order chi connectivity index (χ0) is 18.0. The van der Waals surface area contributed by atoms with Crippen molar-refractivity contribution >= 4 is 11.4 Å². The van der Waals surface area contributed by atoms with Crippen LogP contribution in [0.3, 0.4) is 0 Å². The number of hydrogen-bond donors (Lipinski definition) is 1. The van der Waals surface area contributed by atoms with E-state index in [0.29, 0.717) is 5.76 Å². The van der Waals surface area contributed by atoms with Crippen molar-refractivity contribution in [2.24, 2.45) is 0 Å². The van der Waals surface area contributed by atoms with Crippen LogP contribution in [-0.2, 0) is 5.60 Å². The minimum atomic E-state index is -1.33. The van der Waals surface area contributed by atoms with Gasteiger partial charge in [-0.1, -0.05) is 24.3 Å². The predicted octanol–water partition coefficient (Wildman–Crippen LogP) is 3.70. The number of furan rings is 1. The number of rotatable bonds is 5. The highest BCUT2D eigenvalue weighted by atomic mass is 16.4. The van der Waals surface area contributed by atoms with Crippen LogP contribution in [0, 0.1) is 0 Å². The smallest absolute Gasteiger partial charge is 0.173 e. The molecule has 4 heteroatoms. The third kappa shape index (κ3) is 3.13. The number of hydrogen-bond acceptors (Lipinski definition) is 4. The summed E-state index contributed by atoms with van der Waals surface area (Å²) in [6.07, 6.45) is 1.59. The third-order valence-corrected chi connectivity index (χ3v) is 4.48. The minimum Gasteiger partial charge on any atom is -0.466 e. The number of aliphatic hydroxyl groups is 1. The van der Waals surface area contributed by atoms with E-state index in [2.05, 4.69) is 0 Å². The van der Waals surface area contributed by atoms with Gasteiger partial charge in [-0.2, -0.15) is 0 Å². The largest absolute Gasteiger partial charge is 0.466 e. The normalized spacial score (nSPS) is 11.4. The highest BCUT2D eigenvalue weighted by Gasteiger charge is 2.36. The zero-order valence-corrected chi connectivity index (χ0v) is 15.1. The molecule has 0 fully saturated rings. The van der Waals surface area contributed by atoms with E-state index in [4.69, 9.17) is 4.42 Å². The molecule has 2 aromatic carbocycles. The van der Waals surface area contributed by atoms with Crippen LogP contribution in [0.4, 0.5) is 11.4 Å². The van der Waals surface area contributed by atoms with Gasteiger partial charge in [0, 0.05) is 39.6 Å². The monoisotopic (exact) mass is 336 g/mol. The molecule has 0 unspecified atom stereocenters. The van der Waals surface area contributed by atoms with Crippen LogP contribution < -0.4 is 9.80 Å². The lowest BCUT2D eigenvalue weighted by Gasteiger charge is -2.28. The number of nitrogens with zero attached hydrogens (tertiary/aromatic N) is 2. The van der Waals surface area contributed by atoms with Crippen LogP contribution in [-0.4, -0.2) is 33.3 Å². The Labute approximate surface area is 148 Å². The van der Waals surface area contributed by atoms with E-state index in [1.165, 1.54) is 0 Å². The van der Waals surface area contributed by atoms with Gasteiger partial charge >= 0.3 is 0 Å². The van der Waals surface area contributed by atoms with Gasteiger partial charge in [0.05, 0.1) is 6.26 Å². The van der Waals surface area contributed by atoms with Gasteiger partial charge in [0.15, 0.2) is 5.60 Å². The predicted molar refractivity (Wildman–Crippen MR) is 102 cm³/mol. The first-order valence-electron chi connectivity index (χ1n) is 8.25. The first-order chi connectivity index (χ1) is 11.9. The van der Waals surface area contributed by atoms with Crippen molar-refractivity contribution < 1.29 is 9.52 Å². The van der Waals surface area contributed by atoms with Crippen molar-refractivity contribution in [3.8, 4) is 0 Å². The molecule has 3 aromatic rings. The van der Waals surface area contributed by atoms with E-state index in [0.717, 1.165) is 22.5 Å². The molecular weight excluding hydrogens is 312 g/mol. The van der Waals surface area contributed by atoms with E-state index in [1.54, 1.807) is 18.4 Å². The molecule has 0 aliphatic rings. The summed E-state index contributed by atoms with van der Waals surface area (Å²) >= 11 is 0. The molecule has 1 heterocycles. The second-order valence-corrected chi connectivity index (χ2v) is 6.57. The third-order valence-electron chi connectivity index (χ3n) is 4.48. The lowest BCUT2D eigenvalue weighted by atomic mass is 9.84. The molecule has 1 N–H and O–H groups in total. The van der Waals surface area contributed by atoms with Crippen LogP contribution in [0.1, 0.15) is 16.9 Å². The molecule has 0 saturated heterocycles. The lowest BCUT2D eigenvalue weighted by Crippen LogP contribution is -2.28. The average Bonchev–Trinajstić information content (AvgIpc) is 3.16. The van der Waals surface area contributed by atoms with E-state index >= 15 is 0 Å². The molecule has 0 atom stereocenters. The number of anilines is 2. The average molecular weight is 336 g/mol. The highest BCUT2D eigenvalue weighted by molar-refractivity contribution is 5.54. The Hall–Kier alpha value is -2.72. The first kappa shape index (κ1) is 17.1. The Kier molecular flexibility index (Phi) is 4.55. The van der Waals surface area contributed by atoms with Gasteiger partial charge in [-0.25, -0.2) is 0 Å². The van der Waals surface area contributed by atoms with E-state index in [1.807, 2.05) is 86.5 Å². The topological polar surface area (TPSA) is 39.9 Å². The lowest BCUT2D eigenvalue weighted by molar-refractivity contribution is 0.0990. The maximum absolute atomic E-state index is 11.7. The Morgan fingerprint density at radius 3 is 1.48 bits per heavy atom. The summed E-state index contributed by atoms with van der Waals surface area (Å²) in [6, 6.07) is 19.4. The Bertz CT molecular complexity index is 753. The highest BCUT2D eigenvalue weighted by Crippen LogP contribution is 2.38. The van der Waals surface area contributed by atoms with Gasteiger partial charge in [-0.15, -0.1) is 0 Å². The maximum Gasteiger partial charge on any atom is 0.173 e. The summed E-state index contributed by atoms with van der Waals surface area (Å²) in [5.74, 6) is 0.503. The summed E-state index contributed by atoms with van der Waals surface area (Å²) in [6.45, 7) is 0. The van der Waals surface area contributed by atoms with Gasteiger partial charge in [-0.05, 0) is 47.5 Å². The molecule has 0 bridgehead atoms. The molecule has 1 aromatic heterocycles. The summed E-state index contributed by atoms with van der Waals surface area (Å²) in [5.41, 5.74) is 2.36. The van der Waals surface area contributed by atoms with Crippen molar-refractivity contribution in [3.63, 3.8) is 0 Å². The fraction of sp³-hybridized carbons (Fsp3) is 0.238. The molecule has 0 aliphatic carbocycles. The minimum absolute atomic E-state index is 0.503. The molecule has 0 saturated carbocycles. The summed E-state index contributed by atoms with van der Waals surface area (Å²) in [4.78, 5) is 4.06. The molecule has 0 aliphatic heterocycles. The van der Waals surface area contributed by atoms with E-state index in [-0.39, 0.29) is 0 Å². The molecule has 25 heavy (non-hydrogen) atoms. The second kappa shape index (κ2) is 6.65. The SMILES string of the molecule is CN(C)c1ccc(C(O)(c2ccc(N(C)C)cc2)c2ccco2)cc1. The molecular formula is C21H24N2O2. The quantitative estimate of drug-likeness (QED) is 0.771. The van der Waals surface area contributed by atoms with Gasteiger partial charge in [0.25, 0.3) is 0 Å². The summed E-state index contributed by atoms with van der Waals surface area (Å²) in [5, 5.41) is 11.7. The molecule has 0 amide bonds. The standard InChI is InChI=1S/C21H24N2O2/c1-22(2)18-11-7-16(8-12-18)21(24,20-6-5-15-25-20)17-9-13-19(14-10-17)23(3)4/h5-15,24H,1-4H3. The first-order valence-corrected chi connectivity index (χ1v) is 8.25. The van der Waals surface area contributed by atoms with Gasteiger partial charge < -0.3 is 19.3 Å². The summed E-state index contributed by atoms with van der Waals surface area (Å²) in [7, 11) is 7.98. The zero-order valence-electron chi connectivity index (χ0n) is 15.1. The van der Waals surface area contributed by atoms with Crippen molar-refractivity contribution in [3.05, 3.63) is 83.8 Å². The van der Waals surface area contributed by atoms with Gasteiger partial charge in [-0.3, -0.25) is 0 Å². The van der Waals surface area contributed by atoms with Gasteiger partial charge in [0.1, 0.15) is 5.76 Å². The van der Waals surface area contributed by atoms with Crippen molar-refractivity contribution in [2.75, 3.05) is 38.0 Å². The Morgan fingerprint density at radius 2 is 1.16 bits per heavy atom. The molecule has 0 spiro atoms. The van der Waals surface area contributed by atoms with Crippen LogP contribution in [0.2, 0.25) is 0 Å². The van der Waals surface area contributed by atoms with Crippen molar-refractivity contribution in [2.45, 2.75) is 5.60 Å². The second-order valence-electron chi connectivity index (χ2n) is 6.57. The summed E-state index contributed by atoms with van der Waals surface area (Å²) < 4.78 is 5.59. The number of benzene rings is 2. The fourth-order valence-electron chi connectivity index (χ4n) is 2.94. The molecule has 4 nitrogen and oxygen atoms in total. The van der Waals surface area contributed by atoms with Crippen LogP contribution >= 0.6 is 0 Å². The van der Waals surface area contributed by atoms with Crippen LogP contribution in [0.15, 0.2) is 71.3 Å². The van der Waals surface area contributed by atoms with Crippen LogP contribution in [0.25, 0.3) is 0 Å². The van der Waals surface area contributed by atoms with Crippen molar-refractivity contribution in [1.29, 1.82) is 0 Å². The molecule has 3 rings (SSSR count). The Morgan fingerprint density at radius 1 is 0.720 bits per heavy atom. The molecule has 130 valence electrons. The van der Waals surface area contributed by atoms with E-state index in [9.17, 15) is 5.11 Å². The van der Waals surface area contributed by atoms with Gasteiger partial charge in [0.2, 0.25) is 0 Å².